The van der Waals surface area contributed by atoms with E-state index >= 15 is 0 Å². The van der Waals surface area contributed by atoms with Gasteiger partial charge in [-0.2, -0.15) is 4.31 Å². The molecule has 8 nitrogen and oxygen atoms in total. The molecule has 0 unspecified atom stereocenters. The lowest BCUT2D eigenvalue weighted by molar-refractivity contribution is 0.288. The van der Waals surface area contributed by atoms with Gasteiger partial charge in [-0.15, -0.1) is 0 Å². The highest BCUT2D eigenvalue weighted by atomic mass is 35.5. The highest BCUT2D eigenvalue weighted by Gasteiger charge is 2.28. The molecule has 148 valence electrons. The van der Waals surface area contributed by atoms with E-state index in [1.165, 1.54) is 22.6 Å². The van der Waals surface area contributed by atoms with Crippen molar-refractivity contribution >= 4 is 44.4 Å². The molecular formula is C18H20ClN5O3S. The summed E-state index contributed by atoms with van der Waals surface area (Å²) in [4.78, 5) is 11.6. The highest BCUT2D eigenvalue weighted by molar-refractivity contribution is 7.89. The summed E-state index contributed by atoms with van der Waals surface area (Å²) in [6.45, 7) is 3.17. The molecule has 4 rings (SSSR count). The zero-order valence-corrected chi connectivity index (χ0v) is 16.8. The Kier molecular flexibility index (Phi) is 4.90. The fourth-order valence-corrected chi connectivity index (χ4v) is 4.80. The van der Waals surface area contributed by atoms with Crippen LogP contribution >= 0.6 is 11.6 Å². The van der Waals surface area contributed by atoms with Gasteiger partial charge < -0.3 is 15.4 Å². The number of anilines is 2. The molecule has 0 saturated carbocycles. The van der Waals surface area contributed by atoms with Crippen LogP contribution in [0.1, 0.15) is 19.8 Å². The third-order valence-corrected chi connectivity index (χ3v) is 7.00. The molecule has 0 amide bonds. The van der Waals surface area contributed by atoms with E-state index in [0.29, 0.717) is 46.8 Å². The van der Waals surface area contributed by atoms with Crippen molar-refractivity contribution in [3.05, 3.63) is 35.5 Å². The third kappa shape index (κ3) is 3.65. The second-order valence-electron chi connectivity index (χ2n) is 7.00. The number of fused-ring (bicyclic) bond motifs is 1. The number of phenolic OH excluding ortho intramolecular Hbond substituents is 1. The van der Waals surface area contributed by atoms with Gasteiger partial charge in [0.25, 0.3) is 0 Å². The number of piperidine rings is 1. The van der Waals surface area contributed by atoms with Gasteiger partial charge in [0.1, 0.15) is 16.2 Å². The molecule has 1 aliphatic rings. The molecule has 0 aliphatic carbocycles. The molecule has 28 heavy (non-hydrogen) atoms. The van der Waals surface area contributed by atoms with Crippen LogP contribution in [0.5, 0.6) is 5.75 Å². The summed E-state index contributed by atoms with van der Waals surface area (Å²) in [7, 11) is -3.60. The Balaban J connectivity index is 1.62. The Morgan fingerprint density at radius 3 is 2.79 bits per heavy atom. The SMILES string of the molecule is CC1CCN(S(=O)(=O)c2cnc3[nH]c(Nc4cc(Cl)ccc4O)nc3c2)CC1. The van der Waals surface area contributed by atoms with E-state index in [9.17, 15) is 13.5 Å². The number of aromatic amines is 1. The van der Waals surface area contributed by atoms with E-state index in [0.717, 1.165) is 12.8 Å². The molecule has 1 fully saturated rings. The van der Waals surface area contributed by atoms with E-state index in [4.69, 9.17) is 11.6 Å². The van der Waals surface area contributed by atoms with Crippen molar-refractivity contribution in [1.82, 2.24) is 19.3 Å². The largest absolute Gasteiger partial charge is 0.506 e. The minimum atomic E-state index is -3.60. The number of nitrogens with zero attached hydrogens (tertiary/aromatic N) is 3. The third-order valence-electron chi connectivity index (χ3n) is 4.90. The van der Waals surface area contributed by atoms with E-state index in [2.05, 4.69) is 27.2 Å². The number of hydrogen-bond donors (Lipinski definition) is 3. The van der Waals surface area contributed by atoms with Crippen LogP contribution in [0, 0.1) is 5.92 Å². The molecule has 0 radical (unpaired) electrons. The Hall–Kier alpha value is -2.36. The van der Waals surface area contributed by atoms with E-state index in [-0.39, 0.29) is 10.6 Å². The summed E-state index contributed by atoms with van der Waals surface area (Å²) >= 11 is 5.95. The number of sulfonamides is 1. The minimum absolute atomic E-state index is 0.0143. The Labute approximate surface area is 167 Å². The van der Waals surface area contributed by atoms with E-state index < -0.39 is 10.0 Å². The van der Waals surface area contributed by atoms with Gasteiger partial charge in [-0.1, -0.05) is 18.5 Å². The van der Waals surface area contributed by atoms with Crippen LogP contribution < -0.4 is 5.32 Å². The second-order valence-corrected chi connectivity index (χ2v) is 9.37. The molecule has 3 aromatic rings. The van der Waals surface area contributed by atoms with Crippen LogP contribution in [-0.4, -0.2) is 45.9 Å². The number of benzene rings is 1. The van der Waals surface area contributed by atoms with Gasteiger partial charge in [-0.25, -0.2) is 18.4 Å². The summed E-state index contributed by atoms with van der Waals surface area (Å²) in [5, 5.41) is 13.3. The average Bonchev–Trinajstić information content (AvgIpc) is 3.06. The topological polar surface area (TPSA) is 111 Å². The lowest BCUT2D eigenvalue weighted by Gasteiger charge is -2.29. The van der Waals surface area contributed by atoms with Crippen molar-refractivity contribution in [3.8, 4) is 5.75 Å². The standard InChI is InChI=1S/C18H20ClN5O3S/c1-11-4-6-24(7-5-11)28(26,27)13-9-15-17(20-10-13)23-18(22-15)21-14-8-12(19)2-3-16(14)25/h2-3,8-11,25H,4-7H2,1H3,(H2,20,21,22,23). The van der Waals surface area contributed by atoms with Gasteiger partial charge in [0.15, 0.2) is 5.65 Å². The highest BCUT2D eigenvalue weighted by Crippen LogP contribution is 2.30. The Bertz CT molecular complexity index is 1120. The monoisotopic (exact) mass is 421 g/mol. The van der Waals surface area contributed by atoms with Crippen molar-refractivity contribution in [3.63, 3.8) is 0 Å². The molecule has 2 aromatic heterocycles. The van der Waals surface area contributed by atoms with Gasteiger partial charge in [-0.05, 0) is 43.0 Å². The molecule has 0 spiro atoms. The average molecular weight is 422 g/mol. The maximum atomic E-state index is 12.9. The summed E-state index contributed by atoms with van der Waals surface area (Å²) in [6, 6.07) is 6.11. The van der Waals surface area contributed by atoms with Gasteiger partial charge in [0, 0.05) is 24.3 Å². The number of rotatable bonds is 4. The number of phenols is 1. The lowest BCUT2D eigenvalue weighted by Crippen LogP contribution is -2.37. The number of aromatic hydroxyl groups is 1. The molecular weight excluding hydrogens is 402 g/mol. The minimum Gasteiger partial charge on any atom is -0.506 e. The quantitative estimate of drug-likeness (QED) is 0.556. The number of halogens is 1. The number of aromatic nitrogens is 3. The number of hydrogen-bond acceptors (Lipinski definition) is 6. The summed E-state index contributed by atoms with van der Waals surface area (Å²) in [5.41, 5.74) is 1.23. The van der Waals surface area contributed by atoms with Crippen molar-refractivity contribution in [2.75, 3.05) is 18.4 Å². The first kappa shape index (κ1) is 19.0. The smallest absolute Gasteiger partial charge is 0.244 e. The van der Waals surface area contributed by atoms with Crippen LogP contribution in [0.2, 0.25) is 5.02 Å². The first-order valence-corrected chi connectivity index (χ1v) is 10.8. The molecule has 0 atom stereocenters. The maximum absolute atomic E-state index is 12.9. The lowest BCUT2D eigenvalue weighted by atomic mass is 10.0. The van der Waals surface area contributed by atoms with Crippen LogP contribution in [0.15, 0.2) is 35.4 Å². The van der Waals surface area contributed by atoms with Crippen molar-refractivity contribution in [2.24, 2.45) is 5.92 Å². The van der Waals surface area contributed by atoms with Crippen molar-refractivity contribution in [2.45, 2.75) is 24.7 Å². The summed E-state index contributed by atoms with van der Waals surface area (Å²) < 4.78 is 27.3. The zero-order valence-electron chi connectivity index (χ0n) is 15.2. The second kappa shape index (κ2) is 7.23. The van der Waals surface area contributed by atoms with Gasteiger partial charge in [0.2, 0.25) is 16.0 Å². The molecule has 3 heterocycles. The number of imidazole rings is 1. The molecule has 0 bridgehead atoms. The predicted octanol–water partition coefficient (Wildman–Crippen LogP) is 3.48. The molecule has 1 aliphatic heterocycles. The van der Waals surface area contributed by atoms with Crippen LogP contribution in [0.4, 0.5) is 11.6 Å². The summed E-state index contributed by atoms with van der Waals surface area (Å²) in [6.07, 6.45) is 3.05. The first-order chi connectivity index (χ1) is 13.3. The van der Waals surface area contributed by atoms with E-state index in [1.807, 2.05) is 0 Å². The van der Waals surface area contributed by atoms with Crippen LogP contribution in [0.25, 0.3) is 11.2 Å². The van der Waals surface area contributed by atoms with Crippen molar-refractivity contribution < 1.29 is 13.5 Å². The maximum Gasteiger partial charge on any atom is 0.244 e. The van der Waals surface area contributed by atoms with Gasteiger partial charge >= 0.3 is 0 Å². The van der Waals surface area contributed by atoms with Crippen LogP contribution in [-0.2, 0) is 10.0 Å². The molecule has 1 saturated heterocycles. The Morgan fingerprint density at radius 1 is 1.29 bits per heavy atom. The molecule has 1 aromatic carbocycles. The number of pyridine rings is 1. The fourth-order valence-electron chi connectivity index (χ4n) is 3.19. The molecule has 3 N–H and O–H groups in total. The van der Waals surface area contributed by atoms with Crippen LogP contribution in [0.3, 0.4) is 0 Å². The number of H-pyrrole nitrogens is 1. The Morgan fingerprint density at radius 2 is 2.04 bits per heavy atom. The summed E-state index contributed by atoms with van der Waals surface area (Å²) in [5.74, 6) is 0.872. The zero-order chi connectivity index (χ0) is 19.9. The van der Waals surface area contributed by atoms with Gasteiger partial charge in [0.05, 0.1) is 5.69 Å². The van der Waals surface area contributed by atoms with Crippen molar-refractivity contribution in [1.29, 1.82) is 0 Å². The van der Waals surface area contributed by atoms with Gasteiger partial charge in [-0.3, -0.25) is 0 Å². The van der Waals surface area contributed by atoms with E-state index in [1.54, 1.807) is 12.1 Å². The first-order valence-electron chi connectivity index (χ1n) is 8.94. The fraction of sp³-hybridized carbons (Fsp3) is 0.333. The predicted molar refractivity (Wildman–Crippen MR) is 107 cm³/mol. The number of nitrogens with one attached hydrogen (secondary N) is 2. The normalized spacial score (nSPS) is 16.5. The molecule has 10 heteroatoms.